The van der Waals surface area contributed by atoms with E-state index >= 15 is 0 Å². The maximum Gasteiger partial charge on any atom is 0.303 e. The Morgan fingerprint density at radius 1 is 1.20 bits per heavy atom. The number of hydrogen-bond acceptors (Lipinski definition) is 3. The number of ether oxygens (including phenoxy) is 1. The zero-order valence-electron chi connectivity index (χ0n) is 11.2. The van der Waals surface area contributed by atoms with Crippen LogP contribution in [0.1, 0.15) is 24.0 Å². The first-order valence-electron chi connectivity index (χ1n) is 6.56. The molecule has 0 amide bonds. The molecule has 0 aliphatic heterocycles. The van der Waals surface area contributed by atoms with Gasteiger partial charge in [-0.1, -0.05) is 18.2 Å². The molecule has 4 nitrogen and oxygen atoms in total. The number of carbonyl (C=O) groups is 1. The van der Waals surface area contributed by atoms with Gasteiger partial charge in [0.15, 0.2) is 0 Å². The number of benzene rings is 1. The van der Waals surface area contributed by atoms with Crippen LogP contribution in [0.15, 0.2) is 48.8 Å². The van der Waals surface area contributed by atoms with Crippen molar-refractivity contribution in [1.82, 2.24) is 4.98 Å². The number of nitrogens with zero attached hydrogens (tertiary/aromatic N) is 1. The van der Waals surface area contributed by atoms with E-state index in [4.69, 9.17) is 9.84 Å². The summed E-state index contributed by atoms with van der Waals surface area (Å²) >= 11 is 0. The van der Waals surface area contributed by atoms with Gasteiger partial charge >= 0.3 is 5.97 Å². The second-order valence-electron chi connectivity index (χ2n) is 4.54. The topological polar surface area (TPSA) is 59.4 Å². The fraction of sp³-hybridized carbons (Fsp3) is 0.250. The molecule has 0 bridgehead atoms. The predicted molar refractivity (Wildman–Crippen MR) is 75.6 cm³/mol. The van der Waals surface area contributed by atoms with Crippen molar-refractivity contribution >= 4 is 5.97 Å². The molecule has 2 rings (SSSR count). The van der Waals surface area contributed by atoms with Gasteiger partial charge in [0, 0.05) is 24.4 Å². The number of aromatic nitrogens is 1. The van der Waals surface area contributed by atoms with Crippen molar-refractivity contribution in [3.05, 3.63) is 59.9 Å². The molecule has 1 heterocycles. The van der Waals surface area contributed by atoms with Gasteiger partial charge in [0.25, 0.3) is 0 Å². The third kappa shape index (κ3) is 4.72. The number of hydrogen-bond donors (Lipinski definition) is 1. The molecule has 1 N–H and O–H groups in total. The highest BCUT2D eigenvalue weighted by molar-refractivity contribution is 5.66. The van der Waals surface area contributed by atoms with Crippen LogP contribution < -0.4 is 4.74 Å². The van der Waals surface area contributed by atoms with Gasteiger partial charge in [0.2, 0.25) is 0 Å². The molecule has 0 radical (unpaired) electrons. The minimum atomic E-state index is -0.756. The fourth-order valence-electron chi connectivity index (χ4n) is 1.88. The van der Waals surface area contributed by atoms with Crippen molar-refractivity contribution in [3.8, 4) is 5.75 Å². The Morgan fingerprint density at radius 3 is 2.80 bits per heavy atom. The third-order valence-electron chi connectivity index (χ3n) is 2.88. The van der Waals surface area contributed by atoms with E-state index in [1.807, 2.05) is 36.4 Å². The van der Waals surface area contributed by atoms with Gasteiger partial charge in [0.05, 0.1) is 0 Å². The van der Waals surface area contributed by atoms with Crippen LogP contribution in [0.3, 0.4) is 0 Å². The molecular weight excluding hydrogens is 254 g/mol. The summed E-state index contributed by atoms with van der Waals surface area (Å²) < 4.78 is 5.70. The van der Waals surface area contributed by atoms with E-state index < -0.39 is 5.97 Å². The van der Waals surface area contributed by atoms with Crippen molar-refractivity contribution in [2.45, 2.75) is 25.9 Å². The standard InChI is InChI=1S/C16H17NO3/c18-16(19)8-2-5-13-4-1-7-15(10-13)20-12-14-6-3-9-17-11-14/h1,3-4,6-7,9-11H,2,5,8,12H2,(H,18,19). The zero-order valence-corrected chi connectivity index (χ0v) is 11.2. The highest BCUT2D eigenvalue weighted by Gasteiger charge is 2.01. The van der Waals surface area contributed by atoms with Crippen LogP contribution in [-0.2, 0) is 17.8 Å². The molecule has 104 valence electrons. The van der Waals surface area contributed by atoms with Crippen LogP contribution in [-0.4, -0.2) is 16.1 Å². The third-order valence-corrected chi connectivity index (χ3v) is 2.88. The van der Waals surface area contributed by atoms with Gasteiger partial charge in [-0.25, -0.2) is 0 Å². The summed E-state index contributed by atoms with van der Waals surface area (Å²) in [6, 6.07) is 11.6. The Labute approximate surface area is 118 Å². The van der Waals surface area contributed by atoms with E-state index in [1.165, 1.54) is 0 Å². The summed E-state index contributed by atoms with van der Waals surface area (Å²) in [6.07, 6.45) is 5.09. The van der Waals surface area contributed by atoms with Gasteiger partial charge < -0.3 is 9.84 Å². The van der Waals surface area contributed by atoms with Gasteiger partial charge in [0.1, 0.15) is 12.4 Å². The van der Waals surface area contributed by atoms with E-state index in [2.05, 4.69) is 4.98 Å². The maximum atomic E-state index is 10.5. The molecule has 1 aromatic carbocycles. The van der Waals surface area contributed by atoms with Gasteiger partial charge in [-0.3, -0.25) is 9.78 Å². The Hall–Kier alpha value is -2.36. The molecule has 0 unspecified atom stereocenters. The summed E-state index contributed by atoms with van der Waals surface area (Å²) in [5.74, 6) is 0.0376. The second-order valence-corrected chi connectivity index (χ2v) is 4.54. The van der Waals surface area contributed by atoms with E-state index in [-0.39, 0.29) is 6.42 Å². The molecule has 0 saturated carbocycles. The lowest BCUT2D eigenvalue weighted by Crippen LogP contribution is -1.98. The summed E-state index contributed by atoms with van der Waals surface area (Å²) in [5, 5.41) is 8.63. The minimum Gasteiger partial charge on any atom is -0.489 e. The summed E-state index contributed by atoms with van der Waals surface area (Å²) in [5.41, 5.74) is 2.11. The first-order chi connectivity index (χ1) is 9.74. The van der Waals surface area contributed by atoms with Crippen molar-refractivity contribution in [2.75, 3.05) is 0 Å². The monoisotopic (exact) mass is 271 g/mol. The van der Waals surface area contributed by atoms with E-state index in [1.54, 1.807) is 12.4 Å². The first kappa shape index (κ1) is 14.1. The molecule has 0 fully saturated rings. The van der Waals surface area contributed by atoms with Crippen LogP contribution in [0.5, 0.6) is 5.75 Å². The fourth-order valence-corrected chi connectivity index (χ4v) is 1.88. The van der Waals surface area contributed by atoms with E-state index in [0.717, 1.165) is 23.3 Å². The Kier molecular flexibility index (Phi) is 5.12. The quantitative estimate of drug-likeness (QED) is 0.840. The second kappa shape index (κ2) is 7.28. The molecule has 1 aromatic heterocycles. The van der Waals surface area contributed by atoms with E-state index in [9.17, 15) is 4.79 Å². The summed E-state index contributed by atoms with van der Waals surface area (Å²) in [6.45, 7) is 0.479. The number of aryl methyl sites for hydroxylation is 1. The maximum absolute atomic E-state index is 10.5. The lowest BCUT2D eigenvalue weighted by Gasteiger charge is -2.07. The predicted octanol–water partition coefficient (Wildman–Crippen LogP) is 3.07. The van der Waals surface area contributed by atoms with Crippen LogP contribution in [0.25, 0.3) is 0 Å². The Morgan fingerprint density at radius 2 is 2.05 bits per heavy atom. The average Bonchev–Trinajstić information content (AvgIpc) is 2.46. The number of pyridine rings is 1. The van der Waals surface area contributed by atoms with Crippen molar-refractivity contribution in [3.63, 3.8) is 0 Å². The smallest absolute Gasteiger partial charge is 0.303 e. The molecule has 0 aliphatic rings. The molecule has 2 aromatic rings. The number of aliphatic carboxylic acids is 1. The summed E-state index contributed by atoms with van der Waals surface area (Å²) in [7, 11) is 0. The first-order valence-corrected chi connectivity index (χ1v) is 6.56. The van der Waals surface area contributed by atoms with E-state index in [0.29, 0.717) is 13.0 Å². The molecule has 0 aliphatic carbocycles. The SMILES string of the molecule is O=C(O)CCCc1cccc(OCc2cccnc2)c1. The largest absolute Gasteiger partial charge is 0.489 e. The highest BCUT2D eigenvalue weighted by atomic mass is 16.5. The minimum absolute atomic E-state index is 0.195. The number of carboxylic acids is 1. The molecule has 0 saturated heterocycles. The normalized spacial score (nSPS) is 10.2. The number of carboxylic acid groups (broad SMARTS) is 1. The van der Waals surface area contributed by atoms with Gasteiger partial charge in [-0.05, 0) is 36.6 Å². The molecule has 0 spiro atoms. The Balaban J connectivity index is 1.87. The molecule has 4 heteroatoms. The molecular formula is C16H17NO3. The zero-order chi connectivity index (χ0) is 14.2. The van der Waals surface area contributed by atoms with Crippen LogP contribution in [0.4, 0.5) is 0 Å². The van der Waals surface area contributed by atoms with Crippen molar-refractivity contribution in [1.29, 1.82) is 0 Å². The van der Waals surface area contributed by atoms with Crippen LogP contribution in [0.2, 0.25) is 0 Å². The number of rotatable bonds is 7. The molecule has 20 heavy (non-hydrogen) atoms. The van der Waals surface area contributed by atoms with Gasteiger partial charge in [-0.15, -0.1) is 0 Å². The average molecular weight is 271 g/mol. The van der Waals surface area contributed by atoms with Crippen LogP contribution in [0, 0.1) is 0 Å². The van der Waals surface area contributed by atoms with Crippen molar-refractivity contribution in [2.24, 2.45) is 0 Å². The lowest BCUT2D eigenvalue weighted by molar-refractivity contribution is -0.137. The molecule has 0 atom stereocenters. The summed E-state index contributed by atoms with van der Waals surface area (Å²) in [4.78, 5) is 14.5. The van der Waals surface area contributed by atoms with Crippen LogP contribution >= 0.6 is 0 Å². The Bertz CT molecular complexity index is 555. The van der Waals surface area contributed by atoms with Gasteiger partial charge in [-0.2, -0.15) is 0 Å². The lowest BCUT2D eigenvalue weighted by atomic mass is 10.1. The van der Waals surface area contributed by atoms with Crippen molar-refractivity contribution < 1.29 is 14.6 Å². The highest BCUT2D eigenvalue weighted by Crippen LogP contribution is 2.16.